The topological polar surface area (TPSA) is 106 Å². The van der Waals surface area contributed by atoms with Crippen molar-refractivity contribution in [2.45, 2.75) is 46.6 Å². The Labute approximate surface area is 156 Å². The molecule has 1 atom stereocenters. The summed E-state index contributed by atoms with van der Waals surface area (Å²) in [4.78, 5) is 41.5. The fourth-order valence-electron chi connectivity index (χ4n) is 3.24. The lowest BCUT2D eigenvalue weighted by Crippen LogP contribution is -2.41. The largest absolute Gasteiger partial charge is 0.453 e. The Bertz CT molecular complexity index is 920. The first-order valence-electron chi connectivity index (χ1n) is 8.89. The van der Waals surface area contributed by atoms with Crippen molar-refractivity contribution >= 4 is 23.6 Å². The molecule has 9 heteroatoms. The van der Waals surface area contributed by atoms with E-state index < -0.39 is 24.0 Å². The van der Waals surface area contributed by atoms with Gasteiger partial charge in [0.15, 0.2) is 11.8 Å². The molecule has 0 spiro atoms. The van der Waals surface area contributed by atoms with E-state index in [4.69, 9.17) is 4.74 Å². The minimum atomic E-state index is -1.00. The molecule has 1 aliphatic rings. The summed E-state index contributed by atoms with van der Waals surface area (Å²) < 4.78 is 6.98. The highest BCUT2D eigenvalue weighted by Crippen LogP contribution is 2.17. The molecule has 2 aromatic rings. The molecule has 0 saturated carbocycles. The number of carbonyl (C=O) groups is 3. The van der Waals surface area contributed by atoms with Crippen LogP contribution < -0.4 is 5.32 Å². The van der Waals surface area contributed by atoms with Crippen molar-refractivity contribution in [2.24, 2.45) is 0 Å². The molecule has 27 heavy (non-hydrogen) atoms. The van der Waals surface area contributed by atoms with E-state index in [1.165, 1.54) is 6.92 Å². The third-order valence-corrected chi connectivity index (χ3v) is 4.64. The molecule has 3 amide bonds. The predicted octanol–water partition coefficient (Wildman–Crippen LogP) is 1.07. The number of aryl methyl sites for hydroxylation is 3. The summed E-state index contributed by atoms with van der Waals surface area (Å²) in [7, 11) is 0. The third kappa shape index (κ3) is 3.76. The van der Waals surface area contributed by atoms with E-state index >= 15 is 0 Å². The van der Waals surface area contributed by atoms with Crippen LogP contribution in [0.25, 0.3) is 5.65 Å². The number of nitrogens with zero attached hydrogens (tertiary/aromatic N) is 4. The molecule has 1 N–H and O–H groups in total. The van der Waals surface area contributed by atoms with Crippen LogP contribution in [0.4, 0.5) is 4.79 Å². The number of esters is 1. The molecular weight excluding hydrogens is 350 g/mol. The van der Waals surface area contributed by atoms with Crippen LogP contribution in [0.2, 0.25) is 0 Å². The normalized spacial score (nSPS) is 15.1. The molecule has 9 nitrogen and oxygen atoms in total. The average Bonchev–Trinajstić information content (AvgIpc) is 3.19. The molecule has 0 aliphatic carbocycles. The maximum Gasteiger partial charge on any atom is 0.324 e. The van der Waals surface area contributed by atoms with Crippen LogP contribution in [-0.2, 0) is 20.7 Å². The molecule has 2 aromatic heterocycles. The first-order chi connectivity index (χ1) is 12.8. The van der Waals surface area contributed by atoms with Crippen LogP contribution in [0, 0.1) is 20.8 Å². The van der Waals surface area contributed by atoms with Gasteiger partial charge in [-0.3, -0.25) is 14.5 Å². The van der Waals surface area contributed by atoms with Crippen molar-refractivity contribution in [1.29, 1.82) is 0 Å². The molecular formula is C18H23N5O4. The second-order valence-corrected chi connectivity index (χ2v) is 6.67. The van der Waals surface area contributed by atoms with Crippen LogP contribution in [0.1, 0.15) is 36.0 Å². The zero-order valence-electron chi connectivity index (χ0n) is 15.9. The van der Waals surface area contributed by atoms with Crippen LogP contribution >= 0.6 is 0 Å². The molecule has 1 fully saturated rings. The van der Waals surface area contributed by atoms with Gasteiger partial charge in [0.05, 0.1) is 5.69 Å². The number of hydrogen-bond donors (Lipinski definition) is 1. The minimum Gasteiger partial charge on any atom is -0.453 e. The van der Waals surface area contributed by atoms with Crippen LogP contribution in [0.15, 0.2) is 6.07 Å². The van der Waals surface area contributed by atoms with Gasteiger partial charge in [-0.25, -0.2) is 14.3 Å². The van der Waals surface area contributed by atoms with Gasteiger partial charge in [0, 0.05) is 37.0 Å². The highest BCUT2D eigenvalue weighted by Gasteiger charge is 2.31. The van der Waals surface area contributed by atoms with Gasteiger partial charge in [0.25, 0.3) is 5.91 Å². The van der Waals surface area contributed by atoms with E-state index in [0.29, 0.717) is 13.0 Å². The highest BCUT2D eigenvalue weighted by molar-refractivity contribution is 5.98. The summed E-state index contributed by atoms with van der Waals surface area (Å²) in [6, 6.07) is 1.45. The first kappa shape index (κ1) is 18.8. The summed E-state index contributed by atoms with van der Waals surface area (Å²) in [5, 5.41) is 6.96. The fraction of sp³-hybridized carbons (Fsp3) is 0.500. The lowest BCUT2D eigenvalue weighted by atomic mass is 10.1. The molecule has 0 bridgehead atoms. The molecule has 0 aromatic carbocycles. The van der Waals surface area contributed by atoms with Crippen LogP contribution in [0.3, 0.4) is 0 Å². The van der Waals surface area contributed by atoms with Gasteiger partial charge >= 0.3 is 12.0 Å². The standard InChI is InChI=1S/C18H23N5O4/c1-10-9-15-20-11(2)14(12(3)23(15)21-10)5-6-16(24)27-13(4)17(25)22-8-7-19-18(22)26/h9,13H,5-8H2,1-4H3,(H,19,26)/t13-/m1/s1. The molecule has 144 valence electrons. The summed E-state index contributed by atoms with van der Waals surface area (Å²) in [5.74, 6) is -1.01. The van der Waals surface area contributed by atoms with E-state index in [2.05, 4.69) is 15.4 Å². The smallest absolute Gasteiger partial charge is 0.324 e. The second kappa shape index (κ2) is 7.34. The number of fused-ring (bicyclic) bond motifs is 1. The number of carbonyl (C=O) groups excluding carboxylic acids is 3. The number of urea groups is 1. The van der Waals surface area contributed by atoms with E-state index in [1.54, 1.807) is 4.52 Å². The predicted molar refractivity (Wildman–Crippen MR) is 96.2 cm³/mol. The SMILES string of the molecule is Cc1cc2nc(C)c(CCC(=O)O[C@H](C)C(=O)N3CCNC3=O)c(C)n2n1. The fourth-order valence-corrected chi connectivity index (χ4v) is 3.24. The Hall–Kier alpha value is -2.97. The Morgan fingerprint density at radius 1 is 1.33 bits per heavy atom. The van der Waals surface area contributed by atoms with Crippen molar-refractivity contribution in [3.05, 3.63) is 28.7 Å². The monoisotopic (exact) mass is 373 g/mol. The number of nitrogens with one attached hydrogen (secondary N) is 1. The highest BCUT2D eigenvalue weighted by atomic mass is 16.5. The van der Waals surface area contributed by atoms with E-state index in [-0.39, 0.29) is 13.0 Å². The van der Waals surface area contributed by atoms with Crippen molar-refractivity contribution in [1.82, 2.24) is 24.8 Å². The van der Waals surface area contributed by atoms with Crippen molar-refractivity contribution in [2.75, 3.05) is 13.1 Å². The molecule has 1 aliphatic heterocycles. The van der Waals surface area contributed by atoms with Crippen molar-refractivity contribution in [3.63, 3.8) is 0 Å². The molecule has 0 unspecified atom stereocenters. The zero-order valence-corrected chi connectivity index (χ0v) is 15.9. The van der Waals surface area contributed by atoms with Gasteiger partial charge in [-0.1, -0.05) is 0 Å². The Morgan fingerprint density at radius 3 is 2.74 bits per heavy atom. The van der Waals surface area contributed by atoms with Gasteiger partial charge in [0.1, 0.15) is 0 Å². The number of amides is 3. The Balaban J connectivity index is 1.63. The van der Waals surface area contributed by atoms with Gasteiger partial charge in [-0.05, 0) is 39.7 Å². The maximum atomic E-state index is 12.2. The maximum absolute atomic E-state index is 12.2. The second-order valence-electron chi connectivity index (χ2n) is 6.67. The minimum absolute atomic E-state index is 0.110. The lowest BCUT2D eigenvalue weighted by Gasteiger charge is -2.18. The lowest BCUT2D eigenvalue weighted by molar-refractivity contribution is -0.157. The van der Waals surface area contributed by atoms with Crippen molar-refractivity contribution < 1.29 is 19.1 Å². The Kier molecular flexibility index (Phi) is 5.11. The van der Waals surface area contributed by atoms with Crippen LogP contribution in [0.5, 0.6) is 0 Å². The summed E-state index contributed by atoms with van der Waals surface area (Å²) >= 11 is 0. The summed E-state index contributed by atoms with van der Waals surface area (Å²) in [6.45, 7) is 7.90. The first-order valence-corrected chi connectivity index (χ1v) is 8.89. The number of aromatic nitrogens is 3. The number of hydrogen-bond acceptors (Lipinski definition) is 6. The zero-order chi connectivity index (χ0) is 19.7. The molecule has 3 heterocycles. The van der Waals surface area contributed by atoms with E-state index in [1.807, 2.05) is 26.8 Å². The molecule has 1 saturated heterocycles. The van der Waals surface area contributed by atoms with E-state index in [9.17, 15) is 14.4 Å². The van der Waals surface area contributed by atoms with Gasteiger partial charge < -0.3 is 10.1 Å². The number of ether oxygens (including phenoxy) is 1. The third-order valence-electron chi connectivity index (χ3n) is 4.64. The molecule has 0 radical (unpaired) electrons. The van der Waals surface area contributed by atoms with Gasteiger partial charge in [-0.2, -0.15) is 5.10 Å². The number of rotatable bonds is 5. The summed E-state index contributed by atoms with van der Waals surface area (Å²) in [6.07, 6.45) is -0.458. The number of imide groups is 1. The summed E-state index contributed by atoms with van der Waals surface area (Å²) in [5.41, 5.74) is 4.35. The van der Waals surface area contributed by atoms with Gasteiger partial charge in [0.2, 0.25) is 0 Å². The van der Waals surface area contributed by atoms with Gasteiger partial charge in [-0.15, -0.1) is 0 Å². The average molecular weight is 373 g/mol. The van der Waals surface area contributed by atoms with Crippen LogP contribution in [-0.4, -0.2) is 56.6 Å². The van der Waals surface area contributed by atoms with E-state index in [0.717, 1.165) is 33.2 Å². The Morgan fingerprint density at radius 2 is 2.07 bits per heavy atom. The van der Waals surface area contributed by atoms with Crippen molar-refractivity contribution in [3.8, 4) is 0 Å². The molecule has 3 rings (SSSR count). The quantitative estimate of drug-likeness (QED) is 0.786.